The van der Waals surface area contributed by atoms with Crippen molar-refractivity contribution < 1.29 is 19.8 Å². The summed E-state index contributed by atoms with van der Waals surface area (Å²) in [5.41, 5.74) is 0. The van der Waals surface area contributed by atoms with Crippen molar-refractivity contribution in [2.75, 3.05) is 0 Å². The predicted octanol–water partition coefficient (Wildman–Crippen LogP) is 1.70. The molecular weight excluding hydrogens is 248 g/mol. The Kier molecular flexibility index (Phi) is 4.55. The van der Waals surface area contributed by atoms with Crippen molar-refractivity contribution in [2.24, 2.45) is 5.92 Å². The van der Waals surface area contributed by atoms with E-state index in [1.54, 1.807) is 0 Å². The molecule has 0 radical (unpaired) electrons. The molecule has 6 heteroatoms. The van der Waals surface area contributed by atoms with Gasteiger partial charge in [0.15, 0.2) is 0 Å². The van der Waals surface area contributed by atoms with Gasteiger partial charge in [-0.1, -0.05) is 19.3 Å². The Bertz CT molecular complexity index is 289. The minimum absolute atomic E-state index is 0.222. The topological polar surface area (TPSA) is 74.6 Å². The monoisotopic (exact) mass is 264 g/mol. The van der Waals surface area contributed by atoms with Crippen LogP contribution in [-0.2, 0) is 9.59 Å². The molecule has 0 heterocycles. The van der Waals surface area contributed by atoms with E-state index in [4.69, 9.17) is 5.11 Å². The Morgan fingerprint density at radius 2 is 1.69 bits per heavy atom. The van der Waals surface area contributed by atoms with Gasteiger partial charge in [0.1, 0.15) is 10.00 Å². The first-order valence-electron chi connectivity index (χ1n) is 5.27. The summed E-state index contributed by atoms with van der Waals surface area (Å²) in [7, 11) is 0. The van der Waals surface area contributed by atoms with Crippen molar-refractivity contribution in [3.8, 4) is 0 Å². The van der Waals surface area contributed by atoms with Gasteiger partial charge < -0.3 is 10.2 Å². The number of carbonyl (C=O) groups is 2. The van der Waals surface area contributed by atoms with Crippen molar-refractivity contribution in [3.63, 3.8) is 0 Å². The first kappa shape index (κ1) is 13.7. The first-order valence-corrected chi connectivity index (χ1v) is 6.23. The van der Waals surface area contributed by atoms with Crippen LogP contribution in [0.2, 0.25) is 0 Å². The molecule has 1 rings (SSSR count). The standard InChI is InChI=1S/C10H16O4S2/c11-8(12)7(15)10(16,9(13)14)6-4-2-1-3-5-6/h6-7,15-16H,1-5H2,(H,11,12)(H,13,14). The smallest absolute Gasteiger partial charge is 0.321 e. The lowest BCUT2D eigenvalue weighted by molar-refractivity contribution is -0.147. The fourth-order valence-electron chi connectivity index (χ4n) is 2.25. The van der Waals surface area contributed by atoms with Gasteiger partial charge in [-0.3, -0.25) is 9.59 Å². The minimum atomic E-state index is -1.57. The van der Waals surface area contributed by atoms with Crippen LogP contribution in [0.4, 0.5) is 0 Å². The second-order valence-electron chi connectivity index (χ2n) is 4.21. The first-order chi connectivity index (χ1) is 7.40. The third-order valence-electron chi connectivity index (χ3n) is 3.22. The van der Waals surface area contributed by atoms with E-state index >= 15 is 0 Å². The van der Waals surface area contributed by atoms with E-state index in [0.29, 0.717) is 12.8 Å². The Morgan fingerprint density at radius 1 is 1.19 bits per heavy atom. The van der Waals surface area contributed by atoms with E-state index in [9.17, 15) is 14.7 Å². The zero-order chi connectivity index (χ0) is 12.3. The third-order valence-corrected chi connectivity index (χ3v) is 4.87. The normalized spacial score (nSPS) is 23.4. The summed E-state index contributed by atoms with van der Waals surface area (Å²) < 4.78 is -1.57. The van der Waals surface area contributed by atoms with Crippen LogP contribution in [0.25, 0.3) is 0 Å². The molecule has 92 valence electrons. The van der Waals surface area contributed by atoms with Crippen LogP contribution in [0, 0.1) is 5.92 Å². The van der Waals surface area contributed by atoms with Crippen LogP contribution >= 0.6 is 25.3 Å². The summed E-state index contributed by atoms with van der Waals surface area (Å²) in [5, 5.41) is 16.8. The van der Waals surface area contributed by atoms with Crippen molar-refractivity contribution in [1.29, 1.82) is 0 Å². The summed E-state index contributed by atoms with van der Waals surface area (Å²) in [6, 6.07) is 0. The summed E-state index contributed by atoms with van der Waals surface area (Å²) in [4.78, 5) is 22.2. The molecule has 16 heavy (non-hydrogen) atoms. The second-order valence-corrected chi connectivity index (χ2v) is 5.46. The zero-order valence-electron chi connectivity index (χ0n) is 8.80. The summed E-state index contributed by atoms with van der Waals surface area (Å²) in [6.45, 7) is 0. The minimum Gasteiger partial charge on any atom is -0.480 e. The number of thiol groups is 2. The highest BCUT2D eigenvalue weighted by atomic mass is 32.1. The summed E-state index contributed by atoms with van der Waals surface area (Å²) in [5.74, 6) is -2.64. The zero-order valence-corrected chi connectivity index (χ0v) is 10.6. The molecule has 1 aliphatic rings. The van der Waals surface area contributed by atoms with Crippen LogP contribution in [0.1, 0.15) is 32.1 Å². The van der Waals surface area contributed by atoms with Crippen molar-refractivity contribution in [1.82, 2.24) is 0 Å². The SMILES string of the molecule is O=C(O)C(S)C(S)(C(=O)O)C1CCCCC1. The van der Waals surface area contributed by atoms with Crippen LogP contribution in [0.5, 0.6) is 0 Å². The maximum atomic E-state index is 11.3. The molecule has 1 fully saturated rings. The van der Waals surface area contributed by atoms with Gasteiger partial charge in [0.2, 0.25) is 0 Å². The van der Waals surface area contributed by atoms with E-state index in [1.807, 2.05) is 0 Å². The number of hydrogen-bond acceptors (Lipinski definition) is 4. The van der Waals surface area contributed by atoms with Crippen LogP contribution < -0.4 is 0 Å². The molecule has 1 aliphatic carbocycles. The fraction of sp³-hybridized carbons (Fsp3) is 0.800. The van der Waals surface area contributed by atoms with Crippen molar-refractivity contribution >= 4 is 37.2 Å². The van der Waals surface area contributed by atoms with Gasteiger partial charge >= 0.3 is 11.9 Å². The molecule has 0 aromatic heterocycles. The Morgan fingerprint density at radius 3 is 2.06 bits per heavy atom. The number of hydrogen-bond donors (Lipinski definition) is 4. The maximum Gasteiger partial charge on any atom is 0.321 e. The third kappa shape index (κ3) is 2.48. The molecule has 2 unspecified atom stereocenters. The van der Waals surface area contributed by atoms with Crippen LogP contribution in [0.3, 0.4) is 0 Å². The molecule has 0 aromatic carbocycles. The predicted molar refractivity (Wildman–Crippen MR) is 66.3 cm³/mol. The van der Waals surface area contributed by atoms with Crippen molar-refractivity contribution in [2.45, 2.75) is 42.1 Å². The molecule has 0 saturated heterocycles. The van der Waals surface area contributed by atoms with Gasteiger partial charge in [-0.2, -0.15) is 25.3 Å². The van der Waals surface area contributed by atoms with E-state index in [1.165, 1.54) is 0 Å². The maximum absolute atomic E-state index is 11.3. The molecular formula is C10H16O4S2. The number of carboxylic acids is 2. The summed E-state index contributed by atoms with van der Waals surface area (Å²) in [6.07, 6.45) is 4.35. The largest absolute Gasteiger partial charge is 0.480 e. The highest BCUT2D eigenvalue weighted by Gasteiger charge is 2.50. The van der Waals surface area contributed by atoms with Crippen LogP contribution in [-0.4, -0.2) is 32.1 Å². The quantitative estimate of drug-likeness (QED) is 0.583. The highest BCUT2D eigenvalue weighted by Crippen LogP contribution is 2.41. The van der Waals surface area contributed by atoms with E-state index in [0.717, 1.165) is 19.3 Å². The molecule has 0 aliphatic heterocycles. The van der Waals surface area contributed by atoms with Gasteiger partial charge in [-0.25, -0.2) is 0 Å². The average molecular weight is 264 g/mol. The van der Waals surface area contributed by atoms with E-state index in [2.05, 4.69) is 25.3 Å². The van der Waals surface area contributed by atoms with Gasteiger partial charge in [0, 0.05) is 0 Å². The molecule has 0 aromatic rings. The highest BCUT2D eigenvalue weighted by molar-refractivity contribution is 7.87. The fourth-order valence-corrected chi connectivity index (χ4v) is 2.94. The second kappa shape index (κ2) is 5.31. The van der Waals surface area contributed by atoms with Gasteiger partial charge in [0.25, 0.3) is 0 Å². The van der Waals surface area contributed by atoms with Gasteiger partial charge in [-0.05, 0) is 18.8 Å². The lowest BCUT2D eigenvalue weighted by atomic mass is 9.77. The van der Waals surface area contributed by atoms with E-state index < -0.39 is 21.9 Å². The van der Waals surface area contributed by atoms with E-state index in [-0.39, 0.29) is 5.92 Å². The Balaban J connectivity index is 2.94. The molecule has 2 N–H and O–H groups in total. The lowest BCUT2D eigenvalue weighted by Gasteiger charge is -2.37. The number of carboxylic acid groups (broad SMARTS) is 2. The molecule has 0 bridgehead atoms. The van der Waals surface area contributed by atoms with Gasteiger partial charge in [-0.15, -0.1) is 0 Å². The Hall–Kier alpha value is -0.360. The molecule has 0 spiro atoms. The lowest BCUT2D eigenvalue weighted by Crippen LogP contribution is -2.52. The molecule has 1 saturated carbocycles. The molecule has 4 nitrogen and oxygen atoms in total. The van der Waals surface area contributed by atoms with Gasteiger partial charge in [0.05, 0.1) is 0 Å². The Labute approximate surface area is 105 Å². The summed E-state index contributed by atoms with van der Waals surface area (Å²) >= 11 is 8.03. The van der Waals surface area contributed by atoms with Crippen molar-refractivity contribution in [3.05, 3.63) is 0 Å². The molecule has 2 atom stereocenters. The number of rotatable bonds is 4. The molecule has 0 amide bonds. The van der Waals surface area contributed by atoms with Crippen LogP contribution in [0.15, 0.2) is 0 Å². The average Bonchev–Trinajstić information content (AvgIpc) is 2.27. The number of aliphatic carboxylic acids is 2.